The molecule has 0 fully saturated rings. The Morgan fingerprint density at radius 3 is 1.92 bits per heavy atom. The maximum Gasteiger partial charge on any atom is 0.159 e. The summed E-state index contributed by atoms with van der Waals surface area (Å²) >= 11 is 0. The van der Waals surface area contributed by atoms with Crippen molar-refractivity contribution in [1.82, 2.24) is 0 Å². The number of hydrogen-bond donors (Lipinski definition) is 0. The van der Waals surface area contributed by atoms with Gasteiger partial charge in [0.05, 0.1) is 0 Å². The van der Waals surface area contributed by atoms with Crippen molar-refractivity contribution in [3.05, 3.63) is 35.4 Å². The largest absolute Gasteiger partial charge is 0.295 e. The highest BCUT2D eigenvalue weighted by molar-refractivity contribution is 5.94. The van der Waals surface area contributed by atoms with Gasteiger partial charge in [-0.15, -0.1) is 12.4 Å². The molecule has 0 N–H and O–H groups in total. The highest BCUT2D eigenvalue weighted by Gasteiger charge is 2.00. The first-order valence-electron chi connectivity index (χ1n) is 4.22. The zero-order valence-corrected chi connectivity index (χ0v) is 9.02. The van der Waals surface area contributed by atoms with Crippen LogP contribution in [0.2, 0.25) is 0 Å². The molecule has 0 bridgehead atoms. The van der Waals surface area contributed by atoms with Crippen LogP contribution in [0.3, 0.4) is 0 Å². The Bertz CT molecular complexity index is 275. The molecule has 0 aliphatic rings. The Kier molecular flexibility index (Phi) is 4.71. The Balaban J connectivity index is 0.00000144. The van der Waals surface area contributed by atoms with Crippen molar-refractivity contribution in [3.63, 3.8) is 0 Å². The van der Waals surface area contributed by atoms with Crippen LogP contribution in [0.4, 0.5) is 0 Å². The average molecular weight is 199 g/mol. The topological polar surface area (TPSA) is 17.1 Å². The van der Waals surface area contributed by atoms with Gasteiger partial charge in [0.1, 0.15) is 0 Å². The first kappa shape index (κ1) is 12.2. The lowest BCUT2D eigenvalue weighted by Gasteiger charge is -2.04. The first-order valence-corrected chi connectivity index (χ1v) is 4.22. The van der Waals surface area contributed by atoms with Gasteiger partial charge in [-0.25, -0.2) is 0 Å². The van der Waals surface area contributed by atoms with E-state index in [1.54, 1.807) is 6.92 Å². The third-order valence-electron chi connectivity index (χ3n) is 1.98. The van der Waals surface area contributed by atoms with Crippen molar-refractivity contribution < 1.29 is 4.79 Å². The van der Waals surface area contributed by atoms with E-state index >= 15 is 0 Å². The third kappa shape index (κ3) is 3.19. The zero-order chi connectivity index (χ0) is 9.14. The van der Waals surface area contributed by atoms with Crippen molar-refractivity contribution in [1.29, 1.82) is 0 Å². The molecule has 0 heterocycles. The molecule has 2 heteroatoms. The van der Waals surface area contributed by atoms with Crippen LogP contribution in [0.25, 0.3) is 0 Å². The van der Waals surface area contributed by atoms with Crippen LogP contribution in [0, 0.1) is 0 Å². The summed E-state index contributed by atoms with van der Waals surface area (Å²) in [5.41, 5.74) is 2.07. The molecule has 72 valence electrons. The lowest BCUT2D eigenvalue weighted by molar-refractivity contribution is 0.101. The number of carbonyl (C=O) groups excluding carboxylic acids is 1. The highest BCUT2D eigenvalue weighted by Crippen LogP contribution is 2.14. The number of carbonyl (C=O) groups is 1. The fourth-order valence-corrected chi connectivity index (χ4v) is 1.10. The monoisotopic (exact) mass is 198 g/mol. The molecule has 0 saturated heterocycles. The van der Waals surface area contributed by atoms with E-state index in [4.69, 9.17) is 0 Å². The predicted octanol–water partition coefficient (Wildman–Crippen LogP) is 3.43. The number of Topliss-reactive ketones (excluding diaryl/α,β-unsaturated/α-hetero) is 1. The summed E-state index contributed by atoms with van der Waals surface area (Å²) in [6, 6.07) is 7.80. The summed E-state index contributed by atoms with van der Waals surface area (Å²) in [4.78, 5) is 10.9. The molecule has 1 aromatic rings. The molecule has 0 amide bonds. The molecule has 0 aliphatic heterocycles. The predicted molar refractivity (Wildman–Crippen MR) is 57.8 cm³/mol. The number of rotatable bonds is 2. The van der Waals surface area contributed by atoms with Crippen molar-refractivity contribution in [3.8, 4) is 0 Å². The molecule has 1 nitrogen and oxygen atoms in total. The highest BCUT2D eigenvalue weighted by atomic mass is 35.5. The molecule has 0 spiro atoms. The SMILES string of the molecule is CC(=O)c1ccc(C(C)C)cc1.Cl. The molecule has 1 aromatic carbocycles. The van der Waals surface area contributed by atoms with E-state index in [1.807, 2.05) is 24.3 Å². The lowest BCUT2D eigenvalue weighted by Crippen LogP contribution is -1.93. The summed E-state index contributed by atoms with van der Waals surface area (Å²) in [5.74, 6) is 0.663. The molecule has 0 unspecified atom stereocenters. The molecule has 0 radical (unpaired) electrons. The van der Waals surface area contributed by atoms with Gasteiger partial charge in [0.25, 0.3) is 0 Å². The molecule has 0 aliphatic carbocycles. The van der Waals surface area contributed by atoms with Gasteiger partial charge in [-0.2, -0.15) is 0 Å². The molecular weight excluding hydrogens is 184 g/mol. The van der Waals surface area contributed by atoms with Crippen molar-refractivity contribution in [2.45, 2.75) is 26.7 Å². The quantitative estimate of drug-likeness (QED) is 0.666. The molecule has 0 saturated carbocycles. The van der Waals surface area contributed by atoms with Gasteiger partial charge in [-0.05, 0) is 18.4 Å². The minimum absolute atomic E-state index is 0. The Hall–Kier alpha value is -0.820. The second-order valence-corrected chi connectivity index (χ2v) is 3.33. The third-order valence-corrected chi connectivity index (χ3v) is 1.98. The number of benzene rings is 1. The van der Waals surface area contributed by atoms with E-state index in [9.17, 15) is 4.79 Å². The molecular formula is C11H15ClO. The number of halogens is 1. The Labute approximate surface area is 85.6 Å². The van der Waals surface area contributed by atoms with Crippen LogP contribution in [-0.4, -0.2) is 5.78 Å². The van der Waals surface area contributed by atoms with Crippen LogP contribution in [-0.2, 0) is 0 Å². The van der Waals surface area contributed by atoms with Gasteiger partial charge in [0.15, 0.2) is 5.78 Å². The van der Waals surface area contributed by atoms with E-state index in [0.29, 0.717) is 5.92 Å². The van der Waals surface area contributed by atoms with Gasteiger partial charge in [-0.3, -0.25) is 4.79 Å². The smallest absolute Gasteiger partial charge is 0.159 e. The summed E-state index contributed by atoms with van der Waals surface area (Å²) in [6.45, 7) is 5.87. The molecule has 0 atom stereocenters. The van der Waals surface area contributed by atoms with Crippen LogP contribution in [0.5, 0.6) is 0 Å². The van der Waals surface area contributed by atoms with Crippen molar-refractivity contribution >= 4 is 18.2 Å². The van der Waals surface area contributed by atoms with E-state index < -0.39 is 0 Å². The number of ketones is 1. The zero-order valence-electron chi connectivity index (χ0n) is 8.20. The lowest BCUT2D eigenvalue weighted by atomic mass is 10.0. The standard InChI is InChI=1S/C11H14O.ClH/c1-8(2)10-4-6-11(7-5-10)9(3)12;/h4-8H,1-3H3;1H. The van der Waals surface area contributed by atoms with Gasteiger partial charge in [-0.1, -0.05) is 38.1 Å². The number of hydrogen-bond acceptors (Lipinski definition) is 1. The van der Waals surface area contributed by atoms with E-state index in [2.05, 4.69) is 13.8 Å². The fourth-order valence-electron chi connectivity index (χ4n) is 1.10. The van der Waals surface area contributed by atoms with Crippen LogP contribution in [0.15, 0.2) is 24.3 Å². The van der Waals surface area contributed by atoms with Crippen molar-refractivity contribution in [2.24, 2.45) is 0 Å². The summed E-state index contributed by atoms with van der Waals surface area (Å²) in [6.07, 6.45) is 0. The van der Waals surface area contributed by atoms with E-state index in [0.717, 1.165) is 5.56 Å². The van der Waals surface area contributed by atoms with Crippen LogP contribution in [0.1, 0.15) is 42.6 Å². The van der Waals surface area contributed by atoms with Crippen LogP contribution < -0.4 is 0 Å². The molecule has 1 rings (SSSR count). The van der Waals surface area contributed by atoms with Gasteiger partial charge < -0.3 is 0 Å². The Morgan fingerprint density at radius 2 is 1.62 bits per heavy atom. The van der Waals surface area contributed by atoms with E-state index in [-0.39, 0.29) is 18.2 Å². The minimum Gasteiger partial charge on any atom is -0.295 e. The summed E-state index contributed by atoms with van der Waals surface area (Å²) in [5, 5.41) is 0. The maximum atomic E-state index is 10.9. The van der Waals surface area contributed by atoms with Gasteiger partial charge in [0.2, 0.25) is 0 Å². The molecule has 0 aromatic heterocycles. The van der Waals surface area contributed by atoms with Crippen LogP contribution >= 0.6 is 12.4 Å². The summed E-state index contributed by atoms with van der Waals surface area (Å²) < 4.78 is 0. The molecule has 13 heavy (non-hydrogen) atoms. The second kappa shape index (κ2) is 5.03. The minimum atomic E-state index is 0. The van der Waals surface area contributed by atoms with Gasteiger partial charge in [0, 0.05) is 5.56 Å². The normalized spacial score (nSPS) is 9.54. The van der Waals surface area contributed by atoms with E-state index in [1.165, 1.54) is 5.56 Å². The maximum absolute atomic E-state index is 10.9. The van der Waals surface area contributed by atoms with Gasteiger partial charge >= 0.3 is 0 Å². The Morgan fingerprint density at radius 1 is 1.15 bits per heavy atom. The summed E-state index contributed by atoms with van der Waals surface area (Å²) in [7, 11) is 0. The average Bonchev–Trinajstić information content (AvgIpc) is 2.04. The first-order chi connectivity index (χ1) is 5.61. The fraction of sp³-hybridized carbons (Fsp3) is 0.364. The second-order valence-electron chi connectivity index (χ2n) is 3.33. The van der Waals surface area contributed by atoms with Crippen molar-refractivity contribution in [2.75, 3.05) is 0 Å².